The van der Waals surface area contributed by atoms with Crippen molar-refractivity contribution in [3.8, 4) is 0 Å². The minimum absolute atomic E-state index is 0.299. The Balaban J connectivity index is 2.09. The van der Waals surface area contributed by atoms with Gasteiger partial charge in [-0.3, -0.25) is 4.79 Å². The molecule has 1 amide bonds. The fourth-order valence-corrected chi connectivity index (χ4v) is 2.84. The Morgan fingerprint density at radius 2 is 2.00 bits per heavy atom. The first-order chi connectivity index (χ1) is 7.79. The molecule has 84 valence electrons. The third kappa shape index (κ3) is 1.35. The fourth-order valence-electron chi connectivity index (χ4n) is 2.84. The number of carbonyl (C=O) groups excluding carboxylic acids is 1. The van der Waals surface area contributed by atoms with Crippen molar-refractivity contribution in [3.63, 3.8) is 0 Å². The number of carbonyl (C=O) groups is 1. The molecule has 0 aromatic heterocycles. The second-order valence-electron chi connectivity index (χ2n) is 4.59. The molecule has 0 atom stereocenters. The van der Waals surface area contributed by atoms with Gasteiger partial charge in [-0.15, -0.1) is 0 Å². The lowest BCUT2D eigenvalue weighted by atomic mass is 9.96. The van der Waals surface area contributed by atoms with Gasteiger partial charge < -0.3 is 10.2 Å². The summed E-state index contributed by atoms with van der Waals surface area (Å²) in [5.74, 6) is 0.299. The van der Waals surface area contributed by atoms with Crippen LogP contribution in [0.5, 0.6) is 0 Å². The second-order valence-corrected chi connectivity index (χ2v) is 4.59. The molecule has 0 fully saturated rings. The molecule has 1 N–H and O–H groups in total. The number of anilines is 1. The van der Waals surface area contributed by atoms with Gasteiger partial charge in [-0.05, 0) is 36.6 Å². The van der Waals surface area contributed by atoms with Crippen molar-refractivity contribution in [2.24, 2.45) is 0 Å². The standard InChI is InChI=1S/C13H16N2O/c1-14-8-9-6-10-2-3-12(16)15-5-4-11(7-9)13(10)15/h6-7,14H,2-5,8H2,1H3. The number of nitrogens with one attached hydrogen (secondary N) is 1. The zero-order valence-electron chi connectivity index (χ0n) is 9.55. The number of benzene rings is 1. The number of rotatable bonds is 2. The molecular weight excluding hydrogens is 200 g/mol. The van der Waals surface area contributed by atoms with Crippen LogP contribution < -0.4 is 10.2 Å². The molecule has 2 aliphatic rings. The van der Waals surface area contributed by atoms with Crippen molar-refractivity contribution in [1.82, 2.24) is 5.32 Å². The van der Waals surface area contributed by atoms with Gasteiger partial charge in [-0.2, -0.15) is 0 Å². The van der Waals surface area contributed by atoms with Gasteiger partial charge in [0.1, 0.15) is 0 Å². The Hall–Kier alpha value is -1.35. The van der Waals surface area contributed by atoms with Gasteiger partial charge >= 0.3 is 0 Å². The van der Waals surface area contributed by atoms with Gasteiger partial charge in [-0.1, -0.05) is 12.1 Å². The molecule has 1 aromatic carbocycles. The van der Waals surface area contributed by atoms with Crippen molar-refractivity contribution in [3.05, 3.63) is 28.8 Å². The largest absolute Gasteiger partial charge is 0.316 e. The lowest BCUT2D eigenvalue weighted by molar-refractivity contribution is -0.118. The first-order valence-corrected chi connectivity index (χ1v) is 5.89. The van der Waals surface area contributed by atoms with E-state index in [-0.39, 0.29) is 0 Å². The lowest BCUT2D eigenvalue weighted by Crippen LogP contribution is -2.32. The smallest absolute Gasteiger partial charge is 0.227 e. The Bertz CT molecular complexity index is 453. The Kier molecular flexibility index (Phi) is 2.21. The first-order valence-electron chi connectivity index (χ1n) is 5.89. The van der Waals surface area contributed by atoms with Crippen LogP contribution in [0.2, 0.25) is 0 Å². The van der Waals surface area contributed by atoms with E-state index in [4.69, 9.17) is 0 Å². The molecule has 0 saturated heterocycles. The minimum atomic E-state index is 0.299. The van der Waals surface area contributed by atoms with Crippen molar-refractivity contribution in [2.45, 2.75) is 25.8 Å². The fraction of sp³-hybridized carbons (Fsp3) is 0.462. The zero-order chi connectivity index (χ0) is 11.1. The molecule has 1 aromatic rings. The third-order valence-corrected chi connectivity index (χ3v) is 3.49. The van der Waals surface area contributed by atoms with Crippen molar-refractivity contribution < 1.29 is 4.79 Å². The summed E-state index contributed by atoms with van der Waals surface area (Å²) in [7, 11) is 1.97. The van der Waals surface area contributed by atoms with E-state index in [0.717, 1.165) is 25.9 Å². The number of aryl methyl sites for hydroxylation is 1. The Morgan fingerprint density at radius 1 is 1.25 bits per heavy atom. The topological polar surface area (TPSA) is 32.3 Å². The number of amides is 1. The van der Waals surface area contributed by atoms with E-state index in [1.54, 1.807) is 0 Å². The van der Waals surface area contributed by atoms with Gasteiger partial charge in [0, 0.05) is 19.5 Å². The highest BCUT2D eigenvalue weighted by molar-refractivity contribution is 5.98. The van der Waals surface area contributed by atoms with Crippen molar-refractivity contribution in [2.75, 3.05) is 18.5 Å². The summed E-state index contributed by atoms with van der Waals surface area (Å²) in [6.07, 6.45) is 2.61. The summed E-state index contributed by atoms with van der Waals surface area (Å²) in [5.41, 5.74) is 5.28. The number of nitrogens with zero attached hydrogens (tertiary/aromatic N) is 1. The van der Waals surface area contributed by atoms with Crippen molar-refractivity contribution in [1.29, 1.82) is 0 Å². The highest BCUT2D eigenvalue weighted by Crippen LogP contribution is 2.37. The van der Waals surface area contributed by atoms with E-state index in [1.165, 1.54) is 22.4 Å². The van der Waals surface area contributed by atoms with Crippen LogP contribution in [-0.4, -0.2) is 19.5 Å². The molecule has 16 heavy (non-hydrogen) atoms. The molecule has 3 heteroatoms. The summed E-state index contributed by atoms with van der Waals surface area (Å²) in [4.78, 5) is 13.7. The maximum atomic E-state index is 11.7. The molecule has 0 aliphatic carbocycles. The van der Waals surface area contributed by atoms with E-state index in [9.17, 15) is 4.79 Å². The van der Waals surface area contributed by atoms with Gasteiger partial charge in [0.25, 0.3) is 0 Å². The molecular formula is C13H16N2O. The summed E-state index contributed by atoms with van der Waals surface area (Å²) in [5, 5.41) is 3.18. The molecule has 0 radical (unpaired) electrons. The highest BCUT2D eigenvalue weighted by atomic mass is 16.2. The average Bonchev–Trinajstić information content (AvgIpc) is 2.69. The maximum absolute atomic E-state index is 11.7. The molecule has 2 aliphatic heterocycles. The van der Waals surface area contributed by atoms with E-state index in [1.807, 2.05) is 11.9 Å². The normalized spacial score (nSPS) is 17.8. The summed E-state index contributed by atoms with van der Waals surface area (Å²) >= 11 is 0. The monoisotopic (exact) mass is 216 g/mol. The van der Waals surface area contributed by atoms with E-state index in [0.29, 0.717) is 12.3 Å². The molecule has 3 rings (SSSR count). The lowest BCUT2D eigenvalue weighted by Gasteiger charge is -2.25. The third-order valence-electron chi connectivity index (χ3n) is 3.49. The summed E-state index contributed by atoms with van der Waals surface area (Å²) < 4.78 is 0. The molecule has 2 heterocycles. The highest BCUT2D eigenvalue weighted by Gasteiger charge is 2.31. The molecule has 3 nitrogen and oxygen atoms in total. The number of hydrogen-bond acceptors (Lipinski definition) is 2. The van der Waals surface area contributed by atoms with E-state index >= 15 is 0 Å². The summed E-state index contributed by atoms with van der Waals surface area (Å²) in [6, 6.07) is 4.49. The Morgan fingerprint density at radius 3 is 2.75 bits per heavy atom. The van der Waals surface area contributed by atoms with Crippen LogP contribution in [0, 0.1) is 0 Å². The van der Waals surface area contributed by atoms with Gasteiger partial charge in [-0.25, -0.2) is 0 Å². The minimum Gasteiger partial charge on any atom is -0.316 e. The first kappa shape index (κ1) is 9.85. The predicted octanol–water partition coefficient (Wildman–Crippen LogP) is 1.24. The van der Waals surface area contributed by atoms with E-state index < -0.39 is 0 Å². The van der Waals surface area contributed by atoms with Crippen molar-refractivity contribution >= 4 is 11.6 Å². The molecule has 0 saturated carbocycles. The van der Waals surface area contributed by atoms with Crippen LogP contribution in [0.3, 0.4) is 0 Å². The number of hydrogen-bond donors (Lipinski definition) is 1. The summed E-state index contributed by atoms with van der Waals surface area (Å²) in [6.45, 7) is 1.79. The van der Waals surface area contributed by atoms with Crippen LogP contribution in [-0.2, 0) is 24.2 Å². The molecule has 0 unspecified atom stereocenters. The predicted molar refractivity (Wildman–Crippen MR) is 63.6 cm³/mol. The molecule has 0 spiro atoms. The van der Waals surface area contributed by atoms with Crippen LogP contribution >= 0.6 is 0 Å². The van der Waals surface area contributed by atoms with Crippen LogP contribution in [0.4, 0.5) is 5.69 Å². The quantitative estimate of drug-likeness (QED) is 0.806. The van der Waals surface area contributed by atoms with Gasteiger partial charge in [0.2, 0.25) is 5.91 Å². The Labute approximate surface area is 95.4 Å². The zero-order valence-corrected chi connectivity index (χ0v) is 9.55. The van der Waals surface area contributed by atoms with Crippen LogP contribution in [0.25, 0.3) is 0 Å². The van der Waals surface area contributed by atoms with Crippen LogP contribution in [0.15, 0.2) is 12.1 Å². The SMILES string of the molecule is CNCc1cc2c3c(c1)CCN3C(=O)CC2. The van der Waals surface area contributed by atoms with Crippen LogP contribution in [0.1, 0.15) is 23.1 Å². The second kappa shape index (κ2) is 3.59. The average molecular weight is 216 g/mol. The van der Waals surface area contributed by atoms with Gasteiger partial charge in [0.15, 0.2) is 0 Å². The molecule has 0 bridgehead atoms. The van der Waals surface area contributed by atoms with Gasteiger partial charge in [0.05, 0.1) is 5.69 Å². The maximum Gasteiger partial charge on any atom is 0.227 e. The van der Waals surface area contributed by atoms with E-state index in [2.05, 4.69) is 17.4 Å².